The van der Waals surface area contributed by atoms with Crippen molar-refractivity contribution < 1.29 is 9.59 Å². The van der Waals surface area contributed by atoms with Gasteiger partial charge in [-0.25, -0.2) is 0 Å². The Balaban J connectivity index is 2.09. The van der Waals surface area contributed by atoms with Crippen LogP contribution in [0.4, 0.5) is 5.69 Å². The van der Waals surface area contributed by atoms with Gasteiger partial charge in [-0.1, -0.05) is 15.9 Å². The zero-order valence-corrected chi connectivity index (χ0v) is 14.4. The molecule has 4 nitrogen and oxygen atoms in total. The predicted molar refractivity (Wildman–Crippen MR) is 87.1 cm³/mol. The van der Waals surface area contributed by atoms with Gasteiger partial charge >= 0.3 is 0 Å². The highest BCUT2D eigenvalue weighted by Crippen LogP contribution is 2.47. The highest BCUT2D eigenvalue weighted by atomic mass is 79.9. The highest BCUT2D eigenvalue weighted by molar-refractivity contribution is 9.10. The minimum atomic E-state index is -0.895. The molecule has 0 aliphatic heterocycles. The summed E-state index contributed by atoms with van der Waals surface area (Å²) in [7, 11) is 0. The molecule has 0 unspecified atom stereocenters. The summed E-state index contributed by atoms with van der Waals surface area (Å²) in [5.74, 6) is -0.396. The van der Waals surface area contributed by atoms with Crippen molar-refractivity contribution in [2.24, 2.45) is 5.41 Å². The molecule has 2 rings (SSSR count). The second-order valence-electron chi connectivity index (χ2n) is 6.70. The van der Waals surface area contributed by atoms with Gasteiger partial charge in [-0.2, -0.15) is 0 Å². The number of hydrogen-bond acceptors (Lipinski definition) is 2. The van der Waals surface area contributed by atoms with E-state index in [0.29, 0.717) is 12.8 Å². The average molecular weight is 353 g/mol. The summed E-state index contributed by atoms with van der Waals surface area (Å²) in [6.07, 6.45) is 1.21. The Labute approximate surface area is 133 Å². The summed E-state index contributed by atoms with van der Waals surface area (Å²) in [6, 6.07) is 5.60. The zero-order chi connectivity index (χ0) is 15.8. The molecular weight excluding hydrogens is 332 g/mol. The van der Waals surface area contributed by atoms with Gasteiger partial charge in [-0.3, -0.25) is 9.59 Å². The van der Waals surface area contributed by atoms with Crippen LogP contribution in [0.3, 0.4) is 0 Å². The van der Waals surface area contributed by atoms with Gasteiger partial charge in [0, 0.05) is 15.7 Å². The lowest BCUT2D eigenvalue weighted by Gasteiger charge is -2.24. The highest BCUT2D eigenvalue weighted by Gasteiger charge is 2.57. The van der Waals surface area contributed by atoms with Crippen LogP contribution >= 0.6 is 15.9 Å². The molecular formula is C16H21BrN2O2. The van der Waals surface area contributed by atoms with Crippen LogP contribution in [0.5, 0.6) is 0 Å². The van der Waals surface area contributed by atoms with Crippen LogP contribution in [-0.4, -0.2) is 17.4 Å². The fourth-order valence-corrected chi connectivity index (χ4v) is 2.36. The van der Waals surface area contributed by atoms with Gasteiger partial charge in [-0.15, -0.1) is 0 Å². The van der Waals surface area contributed by atoms with Crippen molar-refractivity contribution in [3.8, 4) is 0 Å². The van der Waals surface area contributed by atoms with Crippen molar-refractivity contribution in [3.63, 3.8) is 0 Å². The van der Waals surface area contributed by atoms with Gasteiger partial charge < -0.3 is 10.6 Å². The SMILES string of the molecule is Cc1cc(NC(=O)C2(C(=O)NC(C)(C)C)CC2)ccc1Br. The lowest BCUT2D eigenvalue weighted by molar-refractivity contribution is -0.135. The fraction of sp³-hybridized carbons (Fsp3) is 0.500. The van der Waals surface area contributed by atoms with E-state index >= 15 is 0 Å². The second-order valence-corrected chi connectivity index (χ2v) is 7.56. The van der Waals surface area contributed by atoms with Crippen LogP contribution < -0.4 is 10.6 Å². The monoisotopic (exact) mass is 352 g/mol. The number of hydrogen-bond donors (Lipinski definition) is 2. The molecule has 0 bridgehead atoms. The molecule has 5 heteroatoms. The summed E-state index contributed by atoms with van der Waals surface area (Å²) in [5, 5.41) is 5.76. The molecule has 1 fully saturated rings. The van der Waals surface area contributed by atoms with E-state index in [1.807, 2.05) is 45.9 Å². The van der Waals surface area contributed by atoms with Gasteiger partial charge in [-0.05, 0) is 64.3 Å². The predicted octanol–water partition coefficient (Wildman–Crippen LogP) is 3.39. The average Bonchev–Trinajstić information content (AvgIpc) is 3.13. The molecule has 1 aromatic carbocycles. The first kappa shape index (κ1) is 16.0. The number of carbonyl (C=O) groups is 2. The molecule has 0 aromatic heterocycles. The van der Waals surface area contributed by atoms with Crippen molar-refractivity contribution in [1.82, 2.24) is 5.32 Å². The van der Waals surface area contributed by atoms with Gasteiger partial charge in [0.1, 0.15) is 5.41 Å². The van der Waals surface area contributed by atoms with E-state index in [2.05, 4.69) is 26.6 Å². The zero-order valence-electron chi connectivity index (χ0n) is 12.8. The van der Waals surface area contributed by atoms with E-state index in [0.717, 1.165) is 15.7 Å². The van der Waals surface area contributed by atoms with Crippen LogP contribution in [-0.2, 0) is 9.59 Å². The Hall–Kier alpha value is -1.36. The summed E-state index contributed by atoms with van der Waals surface area (Å²) >= 11 is 3.43. The minimum Gasteiger partial charge on any atom is -0.351 e. The molecule has 0 saturated heterocycles. The maximum Gasteiger partial charge on any atom is 0.240 e. The number of aryl methyl sites for hydroxylation is 1. The molecule has 0 radical (unpaired) electrons. The molecule has 1 saturated carbocycles. The van der Waals surface area contributed by atoms with E-state index < -0.39 is 5.41 Å². The molecule has 1 aliphatic carbocycles. The van der Waals surface area contributed by atoms with Crippen LogP contribution in [0.2, 0.25) is 0 Å². The molecule has 114 valence electrons. The third-order valence-corrected chi connectivity index (χ3v) is 4.41. The number of amides is 2. The maximum atomic E-state index is 12.4. The van der Waals surface area contributed by atoms with Gasteiger partial charge in [0.15, 0.2) is 0 Å². The molecule has 21 heavy (non-hydrogen) atoms. The number of nitrogens with one attached hydrogen (secondary N) is 2. The van der Waals surface area contributed by atoms with E-state index in [1.165, 1.54) is 0 Å². The number of benzene rings is 1. The normalized spacial score (nSPS) is 16.2. The molecule has 1 aliphatic rings. The largest absolute Gasteiger partial charge is 0.351 e. The van der Waals surface area contributed by atoms with Crippen LogP contribution in [0.15, 0.2) is 22.7 Å². The minimum absolute atomic E-state index is 0.179. The van der Waals surface area contributed by atoms with E-state index in [-0.39, 0.29) is 17.4 Å². The van der Waals surface area contributed by atoms with Crippen LogP contribution in [0.25, 0.3) is 0 Å². The maximum absolute atomic E-state index is 12.4. The summed E-state index contributed by atoms with van der Waals surface area (Å²) in [5.41, 5.74) is 0.530. The third-order valence-electron chi connectivity index (χ3n) is 3.52. The first-order chi connectivity index (χ1) is 9.64. The van der Waals surface area contributed by atoms with Gasteiger partial charge in [0.05, 0.1) is 0 Å². The summed E-state index contributed by atoms with van der Waals surface area (Å²) in [4.78, 5) is 24.8. The molecule has 0 atom stereocenters. The van der Waals surface area contributed by atoms with Crippen molar-refractivity contribution in [3.05, 3.63) is 28.2 Å². The number of carbonyl (C=O) groups excluding carboxylic acids is 2. The van der Waals surface area contributed by atoms with Crippen molar-refractivity contribution in [2.45, 2.75) is 46.1 Å². The smallest absolute Gasteiger partial charge is 0.240 e. The molecule has 1 aromatic rings. The number of halogens is 1. The quantitative estimate of drug-likeness (QED) is 0.819. The van der Waals surface area contributed by atoms with Crippen LogP contribution in [0, 0.1) is 12.3 Å². The standard InChI is InChI=1S/C16H21BrN2O2/c1-10-9-11(5-6-12(10)17)18-13(20)16(7-8-16)14(21)19-15(2,3)4/h5-6,9H,7-8H2,1-4H3,(H,18,20)(H,19,21). The topological polar surface area (TPSA) is 58.2 Å². The van der Waals surface area contributed by atoms with Gasteiger partial charge in [0.25, 0.3) is 0 Å². The van der Waals surface area contributed by atoms with Crippen LogP contribution in [0.1, 0.15) is 39.2 Å². The fourth-order valence-electron chi connectivity index (χ4n) is 2.12. The van der Waals surface area contributed by atoms with E-state index in [4.69, 9.17) is 0 Å². The molecule has 0 spiro atoms. The summed E-state index contributed by atoms with van der Waals surface area (Å²) in [6.45, 7) is 7.70. The molecule has 0 heterocycles. The third kappa shape index (κ3) is 3.64. The Kier molecular flexibility index (Phi) is 4.15. The Bertz CT molecular complexity index is 586. The van der Waals surface area contributed by atoms with Crippen molar-refractivity contribution >= 4 is 33.4 Å². The number of anilines is 1. The first-order valence-corrected chi connectivity index (χ1v) is 7.84. The lowest BCUT2D eigenvalue weighted by Crippen LogP contribution is -2.48. The molecule has 2 N–H and O–H groups in total. The van der Waals surface area contributed by atoms with E-state index in [1.54, 1.807) is 0 Å². The van der Waals surface area contributed by atoms with Crippen molar-refractivity contribution in [1.29, 1.82) is 0 Å². The number of rotatable bonds is 3. The Morgan fingerprint density at radius 2 is 1.81 bits per heavy atom. The second kappa shape index (κ2) is 5.44. The van der Waals surface area contributed by atoms with E-state index in [9.17, 15) is 9.59 Å². The lowest BCUT2D eigenvalue weighted by atomic mass is 10.0. The molecule has 2 amide bonds. The Morgan fingerprint density at radius 3 is 2.29 bits per heavy atom. The Morgan fingerprint density at radius 1 is 1.19 bits per heavy atom. The van der Waals surface area contributed by atoms with Crippen molar-refractivity contribution in [2.75, 3.05) is 5.32 Å². The first-order valence-electron chi connectivity index (χ1n) is 7.04. The summed E-state index contributed by atoms with van der Waals surface area (Å²) < 4.78 is 0.993. The van der Waals surface area contributed by atoms with Gasteiger partial charge in [0.2, 0.25) is 11.8 Å².